The molecular formula is C32H26N4O6. The summed E-state index contributed by atoms with van der Waals surface area (Å²) < 4.78 is 0. The van der Waals surface area contributed by atoms with Gasteiger partial charge in [0, 0.05) is 47.8 Å². The summed E-state index contributed by atoms with van der Waals surface area (Å²) in [6, 6.07) is 23.1. The third-order valence-electron chi connectivity index (χ3n) is 6.36. The second kappa shape index (κ2) is 13.0. The second-order valence-corrected chi connectivity index (χ2v) is 9.40. The Kier molecular flexibility index (Phi) is 8.98. The Labute approximate surface area is 241 Å². The Hall–Kier alpha value is -5.90. The third kappa shape index (κ3) is 7.60. The number of benzene rings is 4. The number of hydrogen-bond donors (Lipinski definition) is 2. The zero-order chi connectivity index (χ0) is 30.2. The molecule has 0 heterocycles. The van der Waals surface area contributed by atoms with Crippen molar-refractivity contribution in [1.29, 1.82) is 0 Å². The molecule has 0 saturated heterocycles. The number of hydrogen-bond acceptors (Lipinski definition) is 6. The van der Waals surface area contributed by atoms with Crippen LogP contribution < -0.4 is 10.6 Å². The molecule has 42 heavy (non-hydrogen) atoms. The molecule has 10 nitrogen and oxygen atoms in total. The lowest BCUT2D eigenvalue weighted by atomic mass is 10.00. The highest BCUT2D eigenvalue weighted by molar-refractivity contribution is 6.03. The molecular weight excluding hydrogens is 536 g/mol. The molecule has 0 atom stereocenters. The Bertz CT molecular complexity index is 1600. The lowest BCUT2D eigenvalue weighted by Crippen LogP contribution is -2.09. The van der Waals surface area contributed by atoms with Crippen molar-refractivity contribution in [2.45, 2.75) is 13.8 Å². The van der Waals surface area contributed by atoms with Crippen molar-refractivity contribution in [3.8, 4) is 11.1 Å². The smallest absolute Gasteiger partial charge is 0.269 e. The summed E-state index contributed by atoms with van der Waals surface area (Å²) in [7, 11) is 0. The Balaban J connectivity index is 1.37. The molecule has 0 aliphatic heterocycles. The molecule has 0 aromatic heterocycles. The first-order valence-electron chi connectivity index (χ1n) is 12.8. The fourth-order valence-corrected chi connectivity index (χ4v) is 4.07. The summed E-state index contributed by atoms with van der Waals surface area (Å²) in [5.74, 6) is -0.662. The number of aryl methyl sites for hydroxylation is 2. The highest BCUT2D eigenvalue weighted by Gasteiger charge is 2.09. The van der Waals surface area contributed by atoms with Gasteiger partial charge >= 0.3 is 0 Å². The molecule has 0 bridgehead atoms. The fourth-order valence-electron chi connectivity index (χ4n) is 4.07. The predicted octanol–water partition coefficient (Wildman–Crippen LogP) is 7.09. The van der Waals surface area contributed by atoms with E-state index >= 15 is 0 Å². The third-order valence-corrected chi connectivity index (χ3v) is 6.36. The number of nitrogens with zero attached hydrogens (tertiary/aromatic N) is 2. The number of nitro groups is 2. The van der Waals surface area contributed by atoms with Gasteiger partial charge in [-0.25, -0.2) is 0 Å². The molecule has 0 unspecified atom stereocenters. The number of carbonyl (C=O) groups is 2. The van der Waals surface area contributed by atoms with Crippen LogP contribution in [-0.2, 0) is 9.59 Å². The predicted molar refractivity (Wildman–Crippen MR) is 163 cm³/mol. The van der Waals surface area contributed by atoms with Crippen molar-refractivity contribution in [2.24, 2.45) is 0 Å². The summed E-state index contributed by atoms with van der Waals surface area (Å²) in [5.41, 5.74) is 6.18. The van der Waals surface area contributed by atoms with Gasteiger partial charge in [-0.1, -0.05) is 12.1 Å². The lowest BCUT2D eigenvalue weighted by Gasteiger charge is -2.12. The monoisotopic (exact) mass is 562 g/mol. The van der Waals surface area contributed by atoms with Gasteiger partial charge in [-0.3, -0.25) is 29.8 Å². The Morgan fingerprint density at radius 2 is 0.952 bits per heavy atom. The van der Waals surface area contributed by atoms with E-state index in [-0.39, 0.29) is 23.2 Å². The number of nitro benzene ring substituents is 2. The summed E-state index contributed by atoms with van der Waals surface area (Å²) >= 11 is 0. The van der Waals surface area contributed by atoms with E-state index in [1.807, 2.05) is 50.2 Å². The van der Waals surface area contributed by atoms with Crippen LogP contribution in [0.5, 0.6) is 0 Å². The number of amides is 2. The molecule has 4 rings (SSSR count). The summed E-state index contributed by atoms with van der Waals surface area (Å²) in [5, 5.41) is 27.2. The van der Waals surface area contributed by atoms with Gasteiger partial charge in [0.05, 0.1) is 9.85 Å². The van der Waals surface area contributed by atoms with Crippen molar-refractivity contribution >= 4 is 46.7 Å². The largest absolute Gasteiger partial charge is 0.322 e. The maximum atomic E-state index is 12.4. The van der Waals surface area contributed by atoms with Gasteiger partial charge in [-0.15, -0.1) is 0 Å². The molecule has 210 valence electrons. The Morgan fingerprint density at radius 1 is 0.595 bits per heavy atom. The first-order chi connectivity index (χ1) is 20.1. The zero-order valence-corrected chi connectivity index (χ0v) is 22.7. The minimum atomic E-state index is -0.479. The van der Waals surface area contributed by atoms with Gasteiger partial charge < -0.3 is 10.6 Å². The fraction of sp³-hybridized carbons (Fsp3) is 0.0625. The number of non-ortho nitro benzene ring substituents is 2. The summed E-state index contributed by atoms with van der Waals surface area (Å²) in [4.78, 5) is 45.5. The van der Waals surface area contributed by atoms with Crippen molar-refractivity contribution in [2.75, 3.05) is 10.6 Å². The zero-order valence-electron chi connectivity index (χ0n) is 22.7. The van der Waals surface area contributed by atoms with Gasteiger partial charge in [0.1, 0.15) is 0 Å². The maximum Gasteiger partial charge on any atom is 0.269 e. The van der Waals surface area contributed by atoms with Crippen LogP contribution in [0, 0.1) is 34.1 Å². The van der Waals surface area contributed by atoms with Gasteiger partial charge in [-0.05, 0) is 108 Å². The van der Waals surface area contributed by atoms with E-state index in [1.165, 1.54) is 36.4 Å². The molecule has 0 spiro atoms. The number of carbonyl (C=O) groups excluding carboxylic acids is 2. The molecule has 0 aliphatic rings. The van der Waals surface area contributed by atoms with Crippen LogP contribution in [0.2, 0.25) is 0 Å². The van der Waals surface area contributed by atoms with Gasteiger partial charge in [0.25, 0.3) is 11.4 Å². The molecule has 4 aromatic rings. The lowest BCUT2D eigenvalue weighted by molar-refractivity contribution is -0.385. The van der Waals surface area contributed by atoms with E-state index < -0.39 is 9.85 Å². The van der Waals surface area contributed by atoms with E-state index in [0.29, 0.717) is 22.5 Å². The first kappa shape index (κ1) is 29.1. The SMILES string of the molecule is Cc1cc(-c2ccc(NC(=O)C=Cc3ccc([N+](=O)[O-])cc3)c(C)c2)ccc1NC(=O)C=Cc1ccc([N+](=O)[O-])cc1. The van der Waals surface area contributed by atoms with Crippen LogP contribution in [0.4, 0.5) is 22.7 Å². The standard InChI is InChI=1S/C32H26N4O6/c1-21-19-25(9-15-29(21)33-31(37)17-7-23-3-11-27(12-4-23)35(39)40)26-10-16-30(22(2)20-26)34-32(38)18-8-24-5-13-28(14-6-24)36(41)42/h3-20H,1-2H3,(H,33,37)(H,34,38). The minimum absolute atomic E-state index is 0.0177. The van der Waals surface area contributed by atoms with Crippen LogP contribution in [0.1, 0.15) is 22.3 Å². The minimum Gasteiger partial charge on any atom is -0.322 e. The second-order valence-electron chi connectivity index (χ2n) is 9.40. The van der Waals surface area contributed by atoms with Crippen LogP contribution in [0.25, 0.3) is 23.3 Å². The average molecular weight is 563 g/mol. The van der Waals surface area contributed by atoms with Crippen molar-refractivity contribution < 1.29 is 19.4 Å². The van der Waals surface area contributed by atoms with E-state index in [1.54, 1.807) is 36.4 Å². The first-order valence-corrected chi connectivity index (χ1v) is 12.8. The molecule has 0 aliphatic carbocycles. The number of nitrogens with one attached hydrogen (secondary N) is 2. The van der Waals surface area contributed by atoms with E-state index in [9.17, 15) is 29.8 Å². The van der Waals surface area contributed by atoms with E-state index in [4.69, 9.17) is 0 Å². The molecule has 2 amide bonds. The summed E-state index contributed by atoms with van der Waals surface area (Å²) in [6.07, 6.45) is 5.90. The highest BCUT2D eigenvalue weighted by Crippen LogP contribution is 2.28. The molecule has 4 aromatic carbocycles. The Morgan fingerprint density at radius 3 is 1.26 bits per heavy atom. The normalized spacial score (nSPS) is 11.0. The van der Waals surface area contributed by atoms with Crippen LogP contribution in [0.3, 0.4) is 0 Å². The van der Waals surface area contributed by atoms with Crippen molar-refractivity contribution in [1.82, 2.24) is 0 Å². The molecule has 0 saturated carbocycles. The molecule has 10 heteroatoms. The van der Waals surface area contributed by atoms with Crippen molar-refractivity contribution in [3.63, 3.8) is 0 Å². The number of rotatable bonds is 9. The quantitative estimate of drug-likeness (QED) is 0.127. The van der Waals surface area contributed by atoms with Gasteiger partial charge in [-0.2, -0.15) is 0 Å². The van der Waals surface area contributed by atoms with E-state index in [0.717, 1.165) is 22.3 Å². The van der Waals surface area contributed by atoms with Crippen LogP contribution in [0.15, 0.2) is 97.1 Å². The number of anilines is 2. The average Bonchev–Trinajstić information content (AvgIpc) is 2.97. The van der Waals surface area contributed by atoms with E-state index in [2.05, 4.69) is 10.6 Å². The van der Waals surface area contributed by atoms with Crippen molar-refractivity contribution in [3.05, 3.63) is 140 Å². The topological polar surface area (TPSA) is 144 Å². The summed E-state index contributed by atoms with van der Waals surface area (Å²) in [6.45, 7) is 3.77. The highest BCUT2D eigenvalue weighted by atomic mass is 16.6. The molecule has 0 radical (unpaired) electrons. The molecule has 2 N–H and O–H groups in total. The van der Waals surface area contributed by atoms with Gasteiger partial charge in [0.15, 0.2) is 0 Å². The maximum absolute atomic E-state index is 12.4. The molecule has 0 fully saturated rings. The van der Waals surface area contributed by atoms with Gasteiger partial charge in [0.2, 0.25) is 11.8 Å². The van der Waals surface area contributed by atoms with Crippen LogP contribution in [-0.4, -0.2) is 21.7 Å². The van der Waals surface area contributed by atoms with Crippen LogP contribution >= 0.6 is 0 Å².